The molecule has 1 unspecified atom stereocenters. The Hall–Kier alpha value is -2.69. The van der Waals surface area contributed by atoms with Gasteiger partial charge in [-0.1, -0.05) is 37.3 Å². The molecule has 1 atom stereocenters. The number of carbonyl (C=O) groups excluding carboxylic acids is 2. The van der Waals surface area contributed by atoms with E-state index < -0.39 is 6.04 Å². The van der Waals surface area contributed by atoms with Crippen molar-refractivity contribution < 1.29 is 14.0 Å². The summed E-state index contributed by atoms with van der Waals surface area (Å²) in [5.41, 5.74) is 2.06. The smallest absolute Gasteiger partial charge is 0.254 e. The zero-order chi connectivity index (χ0) is 19.2. The zero-order valence-corrected chi connectivity index (χ0v) is 15.6. The van der Waals surface area contributed by atoms with E-state index in [0.29, 0.717) is 24.1 Å². The summed E-state index contributed by atoms with van der Waals surface area (Å²) in [6.45, 7) is 2.73. The Morgan fingerprint density at radius 1 is 1.15 bits per heavy atom. The third-order valence-electron chi connectivity index (χ3n) is 5.05. The maximum Gasteiger partial charge on any atom is 0.254 e. The van der Waals surface area contributed by atoms with Crippen LogP contribution in [0.1, 0.15) is 47.7 Å². The van der Waals surface area contributed by atoms with Crippen molar-refractivity contribution in [1.29, 1.82) is 0 Å². The second-order valence-corrected chi connectivity index (χ2v) is 6.88. The predicted octanol–water partition coefficient (Wildman–Crippen LogP) is 3.70. The van der Waals surface area contributed by atoms with Gasteiger partial charge in [0, 0.05) is 24.2 Å². The van der Waals surface area contributed by atoms with Gasteiger partial charge in [0.25, 0.3) is 5.91 Å². The van der Waals surface area contributed by atoms with Crippen LogP contribution < -0.4 is 5.32 Å². The number of rotatable bonds is 5. The van der Waals surface area contributed by atoms with Crippen molar-refractivity contribution in [2.75, 3.05) is 6.54 Å². The Kier molecular flexibility index (Phi) is 6.22. The third kappa shape index (κ3) is 4.54. The number of carbonyl (C=O) groups is 2. The first-order valence-corrected chi connectivity index (χ1v) is 9.51. The summed E-state index contributed by atoms with van der Waals surface area (Å²) in [5.74, 6) is -0.781. The average molecular weight is 368 g/mol. The van der Waals surface area contributed by atoms with E-state index >= 15 is 0 Å². The fourth-order valence-corrected chi connectivity index (χ4v) is 3.40. The van der Waals surface area contributed by atoms with Crippen molar-refractivity contribution in [3.8, 4) is 0 Å². The van der Waals surface area contributed by atoms with Crippen molar-refractivity contribution in [1.82, 2.24) is 10.2 Å². The first kappa shape index (κ1) is 19.1. The molecule has 5 heteroatoms. The fraction of sp³-hybridized carbons (Fsp3) is 0.364. The highest BCUT2D eigenvalue weighted by molar-refractivity contribution is 5.97. The van der Waals surface area contributed by atoms with Crippen LogP contribution in [0.3, 0.4) is 0 Å². The SMILES string of the molecule is CCc1ccc(C(=O)N(Cc2ccccc2F)C2CCCCNC2=O)cc1. The summed E-state index contributed by atoms with van der Waals surface area (Å²) in [6.07, 6.45) is 3.20. The van der Waals surface area contributed by atoms with Crippen LogP contribution in [0.25, 0.3) is 0 Å². The molecule has 2 aromatic rings. The first-order valence-electron chi connectivity index (χ1n) is 9.51. The lowest BCUT2D eigenvalue weighted by atomic mass is 10.0. The number of aryl methyl sites for hydroxylation is 1. The van der Waals surface area contributed by atoms with Gasteiger partial charge in [0.1, 0.15) is 11.9 Å². The molecule has 0 spiro atoms. The van der Waals surface area contributed by atoms with Gasteiger partial charge in [-0.2, -0.15) is 0 Å². The zero-order valence-electron chi connectivity index (χ0n) is 15.6. The number of benzene rings is 2. The lowest BCUT2D eigenvalue weighted by Crippen LogP contribution is -2.48. The standard InChI is InChI=1S/C22H25FN2O2/c1-2-16-10-12-17(13-11-16)22(27)25(15-18-7-3-4-8-19(18)23)20-9-5-6-14-24-21(20)26/h3-4,7-8,10-13,20H,2,5-6,9,14-15H2,1H3,(H,24,26). The molecule has 0 saturated carbocycles. The van der Waals surface area contributed by atoms with Gasteiger partial charge in [-0.3, -0.25) is 9.59 Å². The summed E-state index contributed by atoms with van der Waals surface area (Å²) in [7, 11) is 0. The maximum absolute atomic E-state index is 14.2. The molecule has 27 heavy (non-hydrogen) atoms. The molecular weight excluding hydrogens is 343 g/mol. The number of hydrogen-bond donors (Lipinski definition) is 1. The summed E-state index contributed by atoms with van der Waals surface area (Å²) < 4.78 is 14.2. The van der Waals surface area contributed by atoms with Crippen molar-refractivity contribution in [3.05, 3.63) is 71.0 Å². The monoisotopic (exact) mass is 368 g/mol. The van der Waals surface area contributed by atoms with E-state index in [1.54, 1.807) is 30.3 Å². The van der Waals surface area contributed by atoms with Crippen LogP contribution in [-0.4, -0.2) is 29.3 Å². The van der Waals surface area contributed by atoms with Crippen LogP contribution in [0.15, 0.2) is 48.5 Å². The number of hydrogen-bond acceptors (Lipinski definition) is 2. The van der Waals surface area contributed by atoms with E-state index in [0.717, 1.165) is 24.8 Å². The molecule has 3 rings (SSSR count). The Bertz CT molecular complexity index is 804. The normalized spacial score (nSPS) is 17.1. The Morgan fingerprint density at radius 2 is 1.89 bits per heavy atom. The fourth-order valence-electron chi connectivity index (χ4n) is 3.40. The Labute approximate surface area is 159 Å². The molecule has 1 aliphatic rings. The summed E-state index contributed by atoms with van der Waals surface area (Å²) in [6, 6.07) is 13.2. The first-order chi connectivity index (χ1) is 13.1. The molecule has 4 nitrogen and oxygen atoms in total. The number of amides is 2. The summed E-state index contributed by atoms with van der Waals surface area (Å²) >= 11 is 0. The third-order valence-corrected chi connectivity index (χ3v) is 5.05. The number of nitrogens with one attached hydrogen (secondary N) is 1. The van der Waals surface area contributed by atoms with Crippen LogP contribution in [-0.2, 0) is 17.8 Å². The van der Waals surface area contributed by atoms with Gasteiger partial charge in [0.15, 0.2) is 0 Å². The van der Waals surface area contributed by atoms with E-state index in [1.807, 2.05) is 12.1 Å². The molecule has 142 valence electrons. The minimum Gasteiger partial charge on any atom is -0.354 e. The molecule has 1 fully saturated rings. The van der Waals surface area contributed by atoms with Crippen molar-refractivity contribution >= 4 is 11.8 Å². The van der Waals surface area contributed by atoms with E-state index in [2.05, 4.69) is 12.2 Å². The highest BCUT2D eigenvalue weighted by Gasteiger charge is 2.31. The number of nitrogens with zero attached hydrogens (tertiary/aromatic N) is 1. The lowest BCUT2D eigenvalue weighted by molar-refractivity contribution is -0.125. The van der Waals surface area contributed by atoms with Gasteiger partial charge in [-0.15, -0.1) is 0 Å². The quantitative estimate of drug-likeness (QED) is 0.875. The van der Waals surface area contributed by atoms with Gasteiger partial charge in [-0.25, -0.2) is 4.39 Å². The molecule has 1 N–H and O–H groups in total. The molecule has 1 heterocycles. The highest BCUT2D eigenvalue weighted by Crippen LogP contribution is 2.21. The van der Waals surface area contributed by atoms with Gasteiger partial charge >= 0.3 is 0 Å². The van der Waals surface area contributed by atoms with Crippen molar-refractivity contribution in [2.24, 2.45) is 0 Å². The predicted molar refractivity (Wildman–Crippen MR) is 103 cm³/mol. The maximum atomic E-state index is 14.2. The molecule has 2 aromatic carbocycles. The van der Waals surface area contributed by atoms with Crippen molar-refractivity contribution in [3.63, 3.8) is 0 Å². The highest BCUT2D eigenvalue weighted by atomic mass is 19.1. The van der Waals surface area contributed by atoms with Gasteiger partial charge in [-0.05, 0) is 49.4 Å². The average Bonchev–Trinajstić information content (AvgIpc) is 2.91. The molecular formula is C22H25FN2O2. The van der Waals surface area contributed by atoms with Crippen LogP contribution in [0.5, 0.6) is 0 Å². The summed E-state index contributed by atoms with van der Waals surface area (Å²) in [5, 5.41) is 2.87. The van der Waals surface area contributed by atoms with Crippen LogP contribution >= 0.6 is 0 Å². The van der Waals surface area contributed by atoms with E-state index in [1.165, 1.54) is 11.0 Å². The Balaban J connectivity index is 1.93. The molecule has 1 aliphatic heterocycles. The van der Waals surface area contributed by atoms with Gasteiger partial charge in [0.2, 0.25) is 5.91 Å². The Morgan fingerprint density at radius 3 is 2.59 bits per heavy atom. The van der Waals surface area contributed by atoms with E-state index in [4.69, 9.17) is 0 Å². The van der Waals surface area contributed by atoms with E-state index in [-0.39, 0.29) is 24.2 Å². The largest absolute Gasteiger partial charge is 0.354 e. The minimum atomic E-state index is -0.592. The molecule has 0 aromatic heterocycles. The molecule has 0 aliphatic carbocycles. The van der Waals surface area contributed by atoms with Crippen LogP contribution in [0, 0.1) is 5.82 Å². The molecule has 1 saturated heterocycles. The molecule has 0 radical (unpaired) electrons. The number of halogens is 1. The lowest BCUT2D eigenvalue weighted by Gasteiger charge is -2.30. The molecule has 0 bridgehead atoms. The second-order valence-electron chi connectivity index (χ2n) is 6.88. The minimum absolute atomic E-state index is 0.0686. The van der Waals surface area contributed by atoms with Gasteiger partial charge < -0.3 is 10.2 Å². The second kappa shape index (κ2) is 8.80. The van der Waals surface area contributed by atoms with Crippen LogP contribution in [0.4, 0.5) is 4.39 Å². The van der Waals surface area contributed by atoms with Gasteiger partial charge in [0.05, 0.1) is 0 Å². The van der Waals surface area contributed by atoms with E-state index in [9.17, 15) is 14.0 Å². The summed E-state index contributed by atoms with van der Waals surface area (Å²) in [4.78, 5) is 27.3. The van der Waals surface area contributed by atoms with Crippen molar-refractivity contribution in [2.45, 2.75) is 45.2 Å². The van der Waals surface area contributed by atoms with Crippen LogP contribution in [0.2, 0.25) is 0 Å². The molecule has 2 amide bonds. The topological polar surface area (TPSA) is 49.4 Å².